The van der Waals surface area contributed by atoms with Crippen LogP contribution in [0.5, 0.6) is 0 Å². The van der Waals surface area contributed by atoms with E-state index in [0.29, 0.717) is 30.5 Å². The van der Waals surface area contributed by atoms with Gasteiger partial charge in [0.05, 0.1) is 11.1 Å². The summed E-state index contributed by atoms with van der Waals surface area (Å²) in [5.41, 5.74) is 2.58. The second-order valence-electron chi connectivity index (χ2n) is 8.03. The molecule has 39 heavy (non-hydrogen) atoms. The number of pyridine rings is 2. The van der Waals surface area contributed by atoms with Crippen LogP contribution >= 0.6 is 0 Å². The molecule has 4 aromatic heterocycles. The molecule has 0 saturated carbocycles. The lowest BCUT2D eigenvalue weighted by molar-refractivity contribution is 0.0695. The molecule has 0 atom stereocenters. The molecule has 0 aliphatic carbocycles. The third-order valence-electron chi connectivity index (χ3n) is 4.55. The highest BCUT2D eigenvalue weighted by molar-refractivity contribution is 5.93. The van der Waals surface area contributed by atoms with Gasteiger partial charge in [0.2, 0.25) is 11.9 Å². The zero-order valence-electron chi connectivity index (χ0n) is 22.2. The van der Waals surface area contributed by atoms with Gasteiger partial charge in [-0.25, -0.2) is 24.7 Å². The molecular weight excluding hydrogens is 500 g/mol. The number of carbonyl (C=O) groups is 2. The van der Waals surface area contributed by atoms with E-state index >= 15 is 0 Å². The average Bonchev–Trinajstić information content (AvgIpc) is 2.97. The number of anilines is 2. The average molecular weight is 533 g/mol. The highest BCUT2D eigenvalue weighted by atomic mass is 16.4. The predicted molar refractivity (Wildman–Crippen MR) is 147 cm³/mol. The summed E-state index contributed by atoms with van der Waals surface area (Å²) in [5.74, 6) is -0.277. The summed E-state index contributed by atoms with van der Waals surface area (Å²) in [6, 6.07) is 7.59. The summed E-state index contributed by atoms with van der Waals surface area (Å²) in [5, 5.41) is 17.5. The Kier molecular flexibility index (Phi) is 12.9. The minimum Gasteiger partial charge on any atom is -0.478 e. The lowest BCUT2D eigenvalue weighted by Crippen LogP contribution is -2.22. The standard InChI is InChI=1S/C13H15N5O.C11H10N4O2.C2H7N/c1-18(2)12(19)11-8-16-13(17-9-11)15-7-10-4-3-5-14-6-10;16-10(17)9-6-14-11(15-7-9)13-5-8-2-1-3-12-4-8;1-3-2/h3-6,8-9H,7H2,1-2H3,(H,15,16,17);1-4,6-7H,5H2,(H,16,17)(H,13,14,15);3H,1-2H3. The molecule has 0 saturated heterocycles. The van der Waals surface area contributed by atoms with Gasteiger partial charge in [0.1, 0.15) is 0 Å². The quantitative estimate of drug-likeness (QED) is 0.261. The van der Waals surface area contributed by atoms with Crippen molar-refractivity contribution in [1.29, 1.82) is 0 Å². The third-order valence-corrected chi connectivity index (χ3v) is 4.55. The first-order valence-electron chi connectivity index (χ1n) is 11.8. The SMILES string of the molecule is CN(C)C(=O)c1cnc(NCc2cccnc2)nc1.CNC.O=C(O)c1cnc(NCc2cccnc2)nc1. The van der Waals surface area contributed by atoms with E-state index in [1.54, 1.807) is 38.9 Å². The van der Waals surface area contributed by atoms with E-state index in [0.717, 1.165) is 11.1 Å². The van der Waals surface area contributed by atoms with Crippen LogP contribution in [0.2, 0.25) is 0 Å². The molecular formula is C26H32N10O3. The van der Waals surface area contributed by atoms with Crippen molar-refractivity contribution in [2.45, 2.75) is 13.1 Å². The molecule has 0 bridgehead atoms. The van der Waals surface area contributed by atoms with Crippen molar-refractivity contribution in [2.24, 2.45) is 0 Å². The molecule has 0 aliphatic heterocycles. The maximum Gasteiger partial charge on any atom is 0.338 e. The van der Waals surface area contributed by atoms with Crippen LogP contribution in [0.1, 0.15) is 31.8 Å². The summed E-state index contributed by atoms with van der Waals surface area (Å²) >= 11 is 0. The fourth-order valence-electron chi connectivity index (χ4n) is 2.69. The lowest BCUT2D eigenvalue weighted by Gasteiger charge is -2.10. The number of carboxylic acid groups (broad SMARTS) is 1. The second kappa shape index (κ2) is 16.7. The fourth-order valence-corrected chi connectivity index (χ4v) is 2.69. The Labute approximate surface area is 226 Å². The normalized spacial score (nSPS) is 9.64. The number of carboxylic acids is 1. The number of nitrogens with zero attached hydrogens (tertiary/aromatic N) is 7. The monoisotopic (exact) mass is 532 g/mol. The van der Waals surface area contributed by atoms with E-state index in [4.69, 9.17) is 5.11 Å². The van der Waals surface area contributed by atoms with Crippen LogP contribution in [0.15, 0.2) is 73.8 Å². The van der Waals surface area contributed by atoms with E-state index in [-0.39, 0.29) is 11.5 Å². The summed E-state index contributed by atoms with van der Waals surface area (Å²) in [7, 11) is 7.13. The van der Waals surface area contributed by atoms with Crippen LogP contribution in [-0.2, 0) is 13.1 Å². The summed E-state index contributed by atoms with van der Waals surface area (Å²) in [6.07, 6.45) is 12.5. The van der Waals surface area contributed by atoms with Crippen molar-refractivity contribution in [3.05, 3.63) is 96.1 Å². The molecule has 0 aliphatic rings. The van der Waals surface area contributed by atoms with Crippen LogP contribution in [0.25, 0.3) is 0 Å². The van der Waals surface area contributed by atoms with E-state index in [9.17, 15) is 9.59 Å². The third kappa shape index (κ3) is 11.3. The first-order valence-corrected chi connectivity index (χ1v) is 11.8. The molecule has 204 valence electrons. The molecule has 0 spiro atoms. The smallest absolute Gasteiger partial charge is 0.338 e. The molecule has 4 aromatic rings. The van der Waals surface area contributed by atoms with E-state index in [1.807, 2.05) is 38.4 Å². The predicted octanol–water partition coefficient (Wildman–Crippen LogP) is 2.20. The fraction of sp³-hybridized carbons (Fsp3) is 0.231. The Morgan fingerprint density at radius 3 is 1.49 bits per heavy atom. The minimum absolute atomic E-state index is 0.0666. The lowest BCUT2D eigenvalue weighted by atomic mass is 10.3. The molecule has 13 nitrogen and oxygen atoms in total. The van der Waals surface area contributed by atoms with Gasteiger partial charge < -0.3 is 26.0 Å². The van der Waals surface area contributed by atoms with Crippen molar-refractivity contribution in [3.63, 3.8) is 0 Å². The number of rotatable bonds is 8. The van der Waals surface area contributed by atoms with Crippen molar-refractivity contribution in [3.8, 4) is 0 Å². The van der Waals surface area contributed by atoms with Gasteiger partial charge in [0.15, 0.2) is 0 Å². The molecule has 0 unspecified atom stereocenters. The summed E-state index contributed by atoms with van der Waals surface area (Å²) in [6.45, 7) is 1.13. The van der Waals surface area contributed by atoms with Gasteiger partial charge in [-0.2, -0.15) is 0 Å². The first-order chi connectivity index (χ1) is 18.8. The van der Waals surface area contributed by atoms with Crippen LogP contribution in [0, 0.1) is 0 Å². The van der Waals surface area contributed by atoms with E-state index < -0.39 is 5.97 Å². The molecule has 0 fully saturated rings. The Morgan fingerprint density at radius 1 is 0.744 bits per heavy atom. The molecule has 1 amide bonds. The molecule has 0 radical (unpaired) electrons. The molecule has 13 heteroatoms. The zero-order valence-corrected chi connectivity index (χ0v) is 22.2. The highest BCUT2D eigenvalue weighted by Gasteiger charge is 2.09. The molecule has 4 heterocycles. The van der Waals surface area contributed by atoms with Gasteiger partial charge in [0, 0.05) is 76.8 Å². The van der Waals surface area contributed by atoms with Crippen LogP contribution in [0.3, 0.4) is 0 Å². The Balaban J connectivity index is 0.000000250. The summed E-state index contributed by atoms with van der Waals surface area (Å²) in [4.78, 5) is 47.7. The Morgan fingerprint density at radius 2 is 1.15 bits per heavy atom. The van der Waals surface area contributed by atoms with Crippen LogP contribution in [0.4, 0.5) is 11.9 Å². The van der Waals surface area contributed by atoms with Gasteiger partial charge in [-0.1, -0.05) is 12.1 Å². The van der Waals surface area contributed by atoms with Gasteiger partial charge >= 0.3 is 5.97 Å². The number of amides is 1. The maximum absolute atomic E-state index is 11.7. The van der Waals surface area contributed by atoms with Crippen LogP contribution < -0.4 is 16.0 Å². The second-order valence-corrected chi connectivity index (χ2v) is 8.03. The number of aromatic carboxylic acids is 1. The summed E-state index contributed by atoms with van der Waals surface area (Å²) < 4.78 is 0. The van der Waals surface area contributed by atoms with Crippen molar-refractivity contribution in [1.82, 2.24) is 40.1 Å². The van der Waals surface area contributed by atoms with Gasteiger partial charge in [-0.05, 0) is 37.4 Å². The van der Waals surface area contributed by atoms with E-state index in [1.165, 1.54) is 29.7 Å². The number of aromatic nitrogens is 6. The highest BCUT2D eigenvalue weighted by Crippen LogP contribution is 2.05. The molecule has 4 rings (SSSR count). The van der Waals surface area contributed by atoms with Crippen molar-refractivity contribution >= 4 is 23.8 Å². The number of hydrogen-bond donors (Lipinski definition) is 4. The maximum atomic E-state index is 11.7. The van der Waals surface area contributed by atoms with E-state index in [2.05, 4.69) is 45.9 Å². The Bertz CT molecular complexity index is 1260. The topological polar surface area (TPSA) is 171 Å². The van der Waals surface area contributed by atoms with Crippen molar-refractivity contribution < 1.29 is 14.7 Å². The molecule has 0 aromatic carbocycles. The number of hydrogen-bond acceptors (Lipinski definition) is 11. The molecule has 4 N–H and O–H groups in total. The van der Waals surface area contributed by atoms with Crippen molar-refractivity contribution in [2.75, 3.05) is 38.8 Å². The first kappa shape index (κ1) is 30.2. The minimum atomic E-state index is -1.04. The largest absolute Gasteiger partial charge is 0.478 e. The number of nitrogens with one attached hydrogen (secondary N) is 3. The van der Waals surface area contributed by atoms with Gasteiger partial charge in [0.25, 0.3) is 5.91 Å². The van der Waals surface area contributed by atoms with Crippen LogP contribution in [-0.4, -0.2) is 80.0 Å². The van der Waals surface area contributed by atoms with Gasteiger partial charge in [-0.3, -0.25) is 14.8 Å². The zero-order chi connectivity index (χ0) is 28.5. The Hall–Kier alpha value is -5.04. The van der Waals surface area contributed by atoms with Gasteiger partial charge in [-0.15, -0.1) is 0 Å². The number of carbonyl (C=O) groups excluding carboxylic acids is 1.